The largest absolute Gasteiger partial charge is 0.390 e. The van der Waals surface area contributed by atoms with Crippen molar-refractivity contribution in [2.75, 3.05) is 20.1 Å². The lowest BCUT2D eigenvalue weighted by atomic mass is 10.1. The third-order valence-electron chi connectivity index (χ3n) is 2.37. The maximum atomic E-state index is 9.38. The van der Waals surface area contributed by atoms with Crippen molar-refractivity contribution in [1.29, 1.82) is 0 Å². The molecule has 0 saturated carbocycles. The number of nitrogens with two attached hydrogens (primary N) is 1. The first kappa shape index (κ1) is 12.2. The fourth-order valence-electron chi connectivity index (χ4n) is 1.50. The number of rotatable bonds is 5. The molecule has 3 nitrogen and oxygen atoms in total. The molecule has 0 aliphatic rings. The first-order chi connectivity index (χ1) is 7.11. The summed E-state index contributed by atoms with van der Waals surface area (Å²) in [7, 11) is 1.98. The van der Waals surface area contributed by atoms with E-state index in [0.29, 0.717) is 13.1 Å². The molecule has 0 aromatic heterocycles. The Bertz CT molecular complexity index is 284. The molecule has 3 heteroatoms. The fraction of sp³-hybridized carbons (Fsp3) is 0.500. The molecular formula is C12H20N2O. The average Bonchev–Trinajstić information content (AvgIpc) is 2.21. The molecule has 15 heavy (non-hydrogen) atoms. The van der Waals surface area contributed by atoms with Crippen molar-refractivity contribution in [3.8, 4) is 0 Å². The van der Waals surface area contributed by atoms with Crippen molar-refractivity contribution in [3.05, 3.63) is 35.4 Å². The minimum absolute atomic E-state index is 0.318. The predicted octanol–water partition coefficient (Wildman–Crippen LogP) is 0.746. The highest BCUT2D eigenvalue weighted by atomic mass is 16.3. The summed E-state index contributed by atoms with van der Waals surface area (Å²) in [5.41, 5.74) is 7.88. The molecule has 0 bridgehead atoms. The Morgan fingerprint density at radius 1 is 1.33 bits per heavy atom. The van der Waals surface area contributed by atoms with Crippen LogP contribution in [-0.2, 0) is 6.54 Å². The summed E-state index contributed by atoms with van der Waals surface area (Å²) >= 11 is 0. The minimum atomic E-state index is -0.430. The van der Waals surface area contributed by atoms with Crippen LogP contribution in [0.3, 0.4) is 0 Å². The van der Waals surface area contributed by atoms with Gasteiger partial charge in [-0.1, -0.05) is 29.8 Å². The molecule has 0 aliphatic heterocycles. The monoisotopic (exact) mass is 208 g/mol. The summed E-state index contributed by atoms with van der Waals surface area (Å²) in [5, 5.41) is 9.38. The predicted molar refractivity (Wildman–Crippen MR) is 62.6 cm³/mol. The van der Waals surface area contributed by atoms with Crippen LogP contribution in [0.2, 0.25) is 0 Å². The average molecular weight is 208 g/mol. The van der Waals surface area contributed by atoms with E-state index in [2.05, 4.69) is 36.1 Å². The van der Waals surface area contributed by atoms with Gasteiger partial charge < -0.3 is 10.8 Å². The lowest BCUT2D eigenvalue weighted by Crippen LogP contribution is -2.33. The van der Waals surface area contributed by atoms with Gasteiger partial charge in [-0.15, -0.1) is 0 Å². The van der Waals surface area contributed by atoms with E-state index in [1.54, 1.807) is 0 Å². The van der Waals surface area contributed by atoms with Gasteiger partial charge in [0.1, 0.15) is 0 Å². The number of aryl methyl sites for hydroxylation is 1. The summed E-state index contributed by atoms with van der Waals surface area (Å²) in [6, 6.07) is 8.42. The molecule has 0 fully saturated rings. The van der Waals surface area contributed by atoms with Gasteiger partial charge in [0.25, 0.3) is 0 Å². The van der Waals surface area contributed by atoms with Gasteiger partial charge in [0, 0.05) is 19.6 Å². The topological polar surface area (TPSA) is 49.5 Å². The van der Waals surface area contributed by atoms with Crippen LogP contribution < -0.4 is 5.73 Å². The summed E-state index contributed by atoms with van der Waals surface area (Å²) in [5.74, 6) is 0. The summed E-state index contributed by atoms with van der Waals surface area (Å²) < 4.78 is 0. The Labute approximate surface area is 91.5 Å². The zero-order valence-electron chi connectivity index (χ0n) is 9.48. The number of aliphatic hydroxyl groups is 1. The van der Waals surface area contributed by atoms with E-state index >= 15 is 0 Å². The fourth-order valence-corrected chi connectivity index (χ4v) is 1.50. The lowest BCUT2D eigenvalue weighted by molar-refractivity contribution is 0.129. The Balaban J connectivity index is 2.44. The number of likely N-dealkylation sites (N-methyl/N-ethyl adjacent to an activating group) is 1. The van der Waals surface area contributed by atoms with Gasteiger partial charge in [-0.3, -0.25) is 4.90 Å². The number of hydrogen-bond donors (Lipinski definition) is 2. The second-order valence-electron chi connectivity index (χ2n) is 4.07. The highest BCUT2D eigenvalue weighted by molar-refractivity contribution is 5.21. The molecule has 0 spiro atoms. The molecule has 1 atom stereocenters. The first-order valence-corrected chi connectivity index (χ1v) is 5.24. The number of benzene rings is 1. The third kappa shape index (κ3) is 4.42. The van der Waals surface area contributed by atoms with Crippen molar-refractivity contribution in [2.45, 2.75) is 19.6 Å². The van der Waals surface area contributed by atoms with Crippen molar-refractivity contribution in [2.24, 2.45) is 5.73 Å². The van der Waals surface area contributed by atoms with Gasteiger partial charge >= 0.3 is 0 Å². The van der Waals surface area contributed by atoms with E-state index in [9.17, 15) is 5.11 Å². The van der Waals surface area contributed by atoms with Gasteiger partial charge in [0.15, 0.2) is 0 Å². The van der Waals surface area contributed by atoms with Crippen molar-refractivity contribution in [3.63, 3.8) is 0 Å². The molecule has 1 aromatic carbocycles. The molecule has 0 saturated heterocycles. The van der Waals surface area contributed by atoms with Crippen LogP contribution in [0.1, 0.15) is 11.1 Å². The summed E-state index contributed by atoms with van der Waals surface area (Å²) in [4.78, 5) is 2.07. The highest BCUT2D eigenvalue weighted by Gasteiger charge is 2.06. The Kier molecular flexibility index (Phi) is 4.75. The summed E-state index contributed by atoms with van der Waals surface area (Å²) in [6.45, 7) is 3.85. The zero-order valence-corrected chi connectivity index (χ0v) is 9.48. The number of aliphatic hydroxyl groups excluding tert-OH is 1. The smallest absolute Gasteiger partial charge is 0.0789 e. The van der Waals surface area contributed by atoms with Crippen LogP contribution in [0.15, 0.2) is 24.3 Å². The quantitative estimate of drug-likeness (QED) is 0.750. The van der Waals surface area contributed by atoms with Gasteiger partial charge in [-0.25, -0.2) is 0 Å². The van der Waals surface area contributed by atoms with Crippen LogP contribution in [0.25, 0.3) is 0 Å². The van der Waals surface area contributed by atoms with E-state index < -0.39 is 6.10 Å². The van der Waals surface area contributed by atoms with Crippen molar-refractivity contribution in [1.82, 2.24) is 4.90 Å². The van der Waals surface area contributed by atoms with E-state index in [0.717, 1.165) is 6.54 Å². The maximum Gasteiger partial charge on any atom is 0.0789 e. The second-order valence-corrected chi connectivity index (χ2v) is 4.07. The number of hydrogen-bond acceptors (Lipinski definition) is 3. The second kappa shape index (κ2) is 5.85. The van der Waals surface area contributed by atoms with Crippen LogP contribution in [0.4, 0.5) is 0 Å². The van der Waals surface area contributed by atoms with Gasteiger partial charge in [-0.05, 0) is 19.5 Å². The molecular weight excluding hydrogens is 188 g/mol. The molecule has 1 unspecified atom stereocenters. The minimum Gasteiger partial charge on any atom is -0.390 e. The SMILES string of the molecule is Cc1ccc(CN(C)CC(O)CN)cc1. The van der Waals surface area contributed by atoms with E-state index in [4.69, 9.17) is 5.73 Å². The molecule has 0 amide bonds. The molecule has 0 aliphatic carbocycles. The highest BCUT2D eigenvalue weighted by Crippen LogP contribution is 2.05. The molecule has 84 valence electrons. The van der Waals surface area contributed by atoms with Gasteiger partial charge in [0.05, 0.1) is 6.10 Å². The summed E-state index contributed by atoms with van der Waals surface area (Å²) in [6.07, 6.45) is -0.430. The Hall–Kier alpha value is -0.900. The van der Waals surface area contributed by atoms with E-state index in [1.807, 2.05) is 7.05 Å². The van der Waals surface area contributed by atoms with Crippen LogP contribution in [-0.4, -0.2) is 36.2 Å². The molecule has 1 aromatic rings. The van der Waals surface area contributed by atoms with E-state index in [-0.39, 0.29) is 0 Å². The number of nitrogens with zero attached hydrogens (tertiary/aromatic N) is 1. The van der Waals surface area contributed by atoms with Gasteiger partial charge in [0.2, 0.25) is 0 Å². The van der Waals surface area contributed by atoms with Crippen LogP contribution in [0.5, 0.6) is 0 Å². The maximum absolute atomic E-state index is 9.38. The van der Waals surface area contributed by atoms with Crippen LogP contribution in [0, 0.1) is 6.92 Å². The molecule has 3 N–H and O–H groups in total. The standard InChI is InChI=1S/C12H20N2O/c1-10-3-5-11(6-4-10)8-14(2)9-12(15)7-13/h3-6,12,15H,7-9,13H2,1-2H3. The molecule has 0 radical (unpaired) electrons. The van der Waals surface area contributed by atoms with Crippen molar-refractivity contribution < 1.29 is 5.11 Å². The van der Waals surface area contributed by atoms with E-state index in [1.165, 1.54) is 11.1 Å². The molecule has 1 rings (SSSR count). The molecule has 0 heterocycles. The Morgan fingerprint density at radius 3 is 2.47 bits per heavy atom. The third-order valence-corrected chi connectivity index (χ3v) is 2.37. The normalized spacial score (nSPS) is 13.1. The lowest BCUT2D eigenvalue weighted by Gasteiger charge is -2.19. The van der Waals surface area contributed by atoms with Crippen LogP contribution >= 0.6 is 0 Å². The Morgan fingerprint density at radius 2 is 1.93 bits per heavy atom. The van der Waals surface area contributed by atoms with Crippen molar-refractivity contribution >= 4 is 0 Å². The van der Waals surface area contributed by atoms with Gasteiger partial charge in [-0.2, -0.15) is 0 Å². The first-order valence-electron chi connectivity index (χ1n) is 5.24. The zero-order chi connectivity index (χ0) is 11.3.